The van der Waals surface area contributed by atoms with E-state index in [1.807, 2.05) is 4.72 Å². The Labute approximate surface area is 58.9 Å². The summed E-state index contributed by atoms with van der Waals surface area (Å²) < 4.78 is 23.3. The van der Waals surface area contributed by atoms with E-state index in [9.17, 15) is 13.2 Å². The summed E-state index contributed by atoms with van der Waals surface area (Å²) in [6, 6.07) is -0.627. The summed E-state index contributed by atoms with van der Waals surface area (Å²) in [7, 11) is -3.33. The van der Waals surface area contributed by atoms with Gasteiger partial charge in [-0.05, 0) is 6.42 Å². The number of nitrogens with one attached hydrogen (secondary N) is 2. The summed E-state index contributed by atoms with van der Waals surface area (Å²) in [4.78, 5) is 10.5. The monoisotopic (exact) mass is 164 g/mol. The molecule has 0 aromatic rings. The molecule has 1 saturated heterocycles. The van der Waals surface area contributed by atoms with Crippen LogP contribution in [-0.4, -0.2) is 26.7 Å². The largest absolute Gasteiger partial charge is 0.337 e. The first-order valence-corrected chi connectivity index (χ1v) is 4.54. The van der Waals surface area contributed by atoms with Crippen molar-refractivity contribution in [1.29, 1.82) is 0 Å². The molecule has 2 amide bonds. The smallest absolute Gasteiger partial charge is 0.328 e. The van der Waals surface area contributed by atoms with Gasteiger partial charge in [-0.25, -0.2) is 17.9 Å². The second kappa shape index (κ2) is 2.45. The predicted molar refractivity (Wildman–Crippen MR) is 34.9 cm³/mol. The first-order valence-electron chi connectivity index (χ1n) is 2.88. The third-order valence-corrected chi connectivity index (χ3v) is 2.45. The van der Waals surface area contributed by atoms with E-state index in [-0.39, 0.29) is 5.75 Å². The Morgan fingerprint density at radius 1 is 1.40 bits per heavy atom. The van der Waals surface area contributed by atoms with Gasteiger partial charge in [0.15, 0.2) is 0 Å². The minimum Gasteiger partial charge on any atom is -0.337 e. The Bertz CT molecular complexity index is 233. The fourth-order valence-corrected chi connectivity index (χ4v) is 1.67. The molecule has 0 saturated carbocycles. The van der Waals surface area contributed by atoms with Crippen LogP contribution in [0.2, 0.25) is 0 Å². The molecule has 0 bridgehead atoms. The highest BCUT2D eigenvalue weighted by molar-refractivity contribution is 7.90. The van der Waals surface area contributed by atoms with Gasteiger partial charge < -0.3 is 5.32 Å². The fraction of sp³-hybridized carbons (Fsp3) is 0.750. The van der Waals surface area contributed by atoms with Crippen molar-refractivity contribution in [3.05, 3.63) is 0 Å². The minimum atomic E-state index is -3.33. The molecule has 1 fully saturated rings. The third kappa shape index (κ3) is 1.87. The van der Waals surface area contributed by atoms with Gasteiger partial charge >= 0.3 is 6.03 Å². The Morgan fingerprint density at radius 3 is 2.80 bits per heavy atom. The van der Waals surface area contributed by atoms with Crippen LogP contribution >= 0.6 is 0 Å². The number of hydrogen-bond donors (Lipinski definition) is 2. The van der Waals surface area contributed by atoms with E-state index in [2.05, 4.69) is 5.32 Å². The standard InChI is InChI=1S/C4H8N2O3S/c7-4-5-2-1-3-10(8,9)6-4/h1-3H2,(H2,5,6,7). The summed E-state index contributed by atoms with van der Waals surface area (Å²) in [5.74, 6) is 0.0196. The van der Waals surface area contributed by atoms with Crippen LogP contribution in [0.1, 0.15) is 6.42 Å². The van der Waals surface area contributed by atoms with Crippen molar-refractivity contribution in [2.75, 3.05) is 12.3 Å². The van der Waals surface area contributed by atoms with Crippen LogP contribution < -0.4 is 10.0 Å². The highest BCUT2D eigenvalue weighted by Crippen LogP contribution is 1.92. The molecule has 0 spiro atoms. The molecule has 0 radical (unpaired) electrons. The Kier molecular flexibility index (Phi) is 1.80. The van der Waals surface area contributed by atoms with Crippen LogP contribution in [0, 0.1) is 0 Å². The Morgan fingerprint density at radius 2 is 2.10 bits per heavy atom. The second-order valence-corrected chi connectivity index (χ2v) is 3.87. The molecule has 1 heterocycles. The van der Waals surface area contributed by atoms with Crippen LogP contribution in [0.3, 0.4) is 0 Å². The number of carbonyl (C=O) groups excluding carboxylic acids is 1. The molecular weight excluding hydrogens is 156 g/mol. The summed E-state index contributed by atoms with van der Waals surface area (Å²) in [5, 5.41) is 2.37. The summed E-state index contributed by atoms with van der Waals surface area (Å²) in [5.41, 5.74) is 0. The van der Waals surface area contributed by atoms with Gasteiger partial charge in [-0.2, -0.15) is 0 Å². The van der Waals surface area contributed by atoms with Crippen LogP contribution in [0.25, 0.3) is 0 Å². The van der Waals surface area contributed by atoms with E-state index in [4.69, 9.17) is 0 Å². The highest BCUT2D eigenvalue weighted by atomic mass is 32.2. The summed E-state index contributed by atoms with van der Waals surface area (Å²) in [6.07, 6.45) is 0.473. The molecule has 10 heavy (non-hydrogen) atoms. The third-order valence-electron chi connectivity index (χ3n) is 1.12. The van der Waals surface area contributed by atoms with E-state index in [1.54, 1.807) is 0 Å². The molecule has 5 nitrogen and oxygen atoms in total. The molecule has 1 aliphatic rings. The quantitative estimate of drug-likeness (QED) is 0.483. The maximum atomic E-state index is 10.7. The van der Waals surface area contributed by atoms with Gasteiger partial charge in [0.05, 0.1) is 5.75 Å². The van der Waals surface area contributed by atoms with Crippen molar-refractivity contribution >= 4 is 16.1 Å². The predicted octanol–water partition coefficient (Wildman–Crippen LogP) is -0.981. The fourth-order valence-electron chi connectivity index (χ4n) is 0.692. The molecule has 58 valence electrons. The second-order valence-electron chi connectivity index (χ2n) is 2.03. The molecule has 2 N–H and O–H groups in total. The van der Waals surface area contributed by atoms with Crippen LogP contribution in [0.4, 0.5) is 4.79 Å². The number of amides is 2. The van der Waals surface area contributed by atoms with Gasteiger partial charge in [-0.1, -0.05) is 0 Å². The number of carbonyl (C=O) groups is 1. The molecular formula is C4H8N2O3S. The number of hydrogen-bond acceptors (Lipinski definition) is 3. The molecule has 0 atom stereocenters. The lowest BCUT2D eigenvalue weighted by atomic mass is 10.5. The van der Waals surface area contributed by atoms with E-state index >= 15 is 0 Å². The Balaban J connectivity index is 2.73. The van der Waals surface area contributed by atoms with Crippen LogP contribution in [-0.2, 0) is 10.0 Å². The minimum absolute atomic E-state index is 0.0196. The van der Waals surface area contributed by atoms with Gasteiger partial charge in [0, 0.05) is 6.54 Å². The summed E-state index contributed by atoms with van der Waals surface area (Å²) in [6.45, 7) is 0.422. The normalized spacial score (nSPS) is 24.2. The molecule has 0 unspecified atom stereocenters. The summed E-state index contributed by atoms with van der Waals surface area (Å²) >= 11 is 0. The van der Waals surface area contributed by atoms with Gasteiger partial charge in [-0.3, -0.25) is 0 Å². The average molecular weight is 164 g/mol. The van der Waals surface area contributed by atoms with Crippen LogP contribution in [0.15, 0.2) is 0 Å². The Hall–Kier alpha value is -0.780. The molecule has 0 aliphatic carbocycles. The lowest BCUT2D eigenvalue weighted by Crippen LogP contribution is -2.36. The number of urea groups is 1. The van der Waals surface area contributed by atoms with Gasteiger partial charge in [0.1, 0.15) is 0 Å². The van der Waals surface area contributed by atoms with Crippen molar-refractivity contribution in [1.82, 2.24) is 10.0 Å². The van der Waals surface area contributed by atoms with E-state index < -0.39 is 16.1 Å². The van der Waals surface area contributed by atoms with Gasteiger partial charge in [-0.15, -0.1) is 0 Å². The van der Waals surface area contributed by atoms with Crippen molar-refractivity contribution in [3.8, 4) is 0 Å². The van der Waals surface area contributed by atoms with E-state index in [0.29, 0.717) is 13.0 Å². The van der Waals surface area contributed by atoms with Crippen molar-refractivity contribution in [2.45, 2.75) is 6.42 Å². The molecule has 6 heteroatoms. The van der Waals surface area contributed by atoms with Gasteiger partial charge in [0.2, 0.25) is 10.0 Å². The average Bonchev–Trinajstić information content (AvgIpc) is 1.90. The molecule has 1 aliphatic heterocycles. The van der Waals surface area contributed by atoms with E-state index in [0.717, 1.165) is 0 Å². The molecule has 0 aromatic heterocycles. The van der Waals surface area contributed by atoms with Crippen molar-refractivity contribution in [3.63, 3.8) is 0 Å². The van der Waals surface area contributed by atoms with Gasteiger partial charge in [0.25, 0.3) is 0 Å². The lowest BCUT2D eigenvalue weighted by Gasteiger charge is -1.98. The first kappa shape index (κ1) is 7.33. The zero-order valence-corrected chi connectivity index (χ0v) is 6.07. The number of sulfonamides is 1. The number of rotatable bonds is 0. The first-order chi connectivity index (χ1) is 4.60. The lowest BCUT2D eigenvalue weighted by molar-refractivity contribution is 0.246. The van der Waals surface area contributed by atoms with Crippen LogP contribution in [0.5, 0.6) is 0 Å². The zero-order valence-electron chi connectivity index (χ0n) is 5.25. The van der Waals surface area contributed by atoms with E-state index in [1.165, 1.54) is 0 Å². The van der Waals surface area contributed by atoms with Crippen molar-refractivity contribution in [2.24, 2.45) is 0 Å². The SMILES string of the molecule is O=C1NCCCS(=O)(=O)N1. The molecule has 1 rings (SSSR count). The molecule has 0 aromatic carbocycles. The zero-order chi connectivity index (χ0) is 7.61. The maximum absolute atomic E-state index is 10.7. The topological polar surface area (TPSA) is 75.3 Å². The van der Waals surface area contributed by atoms with Crippen molar-refractivity contribution < 1.29 is 13.2 Å². The highest BCUT2D eigenvalue weighted by Gasteiger charge is 2.16. The maximum Gasteiger partial charge on any atom is 0.328 e.